The molecule has 3 N–H and O–H groups in total. The van der Waals surface area contributed by atoms with Gasteiger partial charge in [-0.15, -0.1) is 0 Å². The summed E-state index contributed by atoms with van der Waals surface area (Å²) in [5, 5.41) is 2.79. The summed E-state index contributed by atoms with van der Waals surface area (Å²) in [7, 11) is 0. The smallest absolute Gasteiger partial charge is 0.228 e. The molecule has 1 aromatic rings. The number of nitrogens with two attached hydrogens (primary N) is 1. The molecule has 2 saturated carbocycles. The first-order valence-corrected chi connectivity index (χ1v) is 6.52. The van der Waals surface area contributed by atoms with Crippen molar-refractivity contribution in [1.82, 2.24) is 0 Å². The summed E-state index contributed by atoms with van der Waals surface area (Å²) in [4.78, 5) is 12.1. The van der Waals surface area contributed by atoms with Gasteiger partial charge in [0.2, 0.25) is 5.91 Å². The third kappa shape index (κ3) is 1.96. The maximum atomic E-state index is 13.3. The fourth-order valence-corrected chi connectivity index (χ4v) is 3.21. The Morgan fingerprint density at radius 2 is 1.94 bits per heavy atom. The van der Waals surface area contributed by atoms with E-state index in [0.29, 0.717) is 17.5 Å². The van der Waals surface area contributed by atoms with Crippen LogP contribution in [0.3, 0.4) is 0 Å². The number of fused-ring (bicyclic) bond motifs is 1. The molecule has 0 heterocycles. The Morgan fingerprint density at radius 1 is 1.28 bits per heavy atom. The van der Waals surface area contributed by atoms with Gasteiger partial charge in [0, 0.05) is 11.6 Å². The number of nitrogens with one attached hydrogen (secondary N) is 1. The van der Waals surface area contributed by atoms with Crippen molar-refractivity contribution in [3.63, 3.8) is 0 Å². The van der Waals surface area contributed by atoms with Crippen molar-refractivity contribution in [3.05, 3.63) is 24.0 Å². The molecule has 1 aromatic carbocycles. The van der Waals surface area contributed by atoms with E-state index in [9.17, 15) is 9.18 Å². The molecule has 2 unspecified atom stereocenters. The largest absolute Gasteiger partial charge is 0.396 e. The van der Waals surface area contributed by atoms with E-state index in [1.807, 2.05) is 0 Å². The standard InChI is InChI=1S/C14H17FN2O/c15-11-7-8(5-6-12(11)16)17-14(18)13-9-3-1-2-4-10(9)13/h5-7,9-10,13H,1-4,16H2,(H,17,18). The molecule has 0 saturated heterocycles. The van der Waals surface area contributed by atoms with Crippen LogP contribution in [0.5, 0.6) is 0 Å². The molecule has 0 bridgehead atoms. The summed E-state index contributed by atoms with van der Waals surface area (Å²) in [6, 6.07) is 4.40. The maximum absolute atomic E-state index is 13.3. The van der Waals surface area contributed by atoms with Crippen molar-refractivity contribution in [2.75, 3.05) is 11.1 Å². The normalized spacial score (nSPS) is 29.5. The number of hydrogen-bond acceptors (Lipinski definition) is 2. The van der Waals surface area contributed by atoms with Crippen LogP contribution in [0.1, 0.15) is 25.7 Å². The lowest BCUT2D eigenvalue weighted by atomic mass is 10.0. The van der Waals surface area contributed by atoms with Gasteiger partial charge >= 0.3 is 0 Å². The number of carbonyl (C=O) groups is 1. The number of halogens is 1. The molecule has 1 amide bonds. The quantitative estimate of drug-likeness (QED) is 0.791. The molecule has 2 atom stereocenters. The second kappa shape index (κ2) is 4.26. The second-order valence-electron chi connectivity index (χ2n) is 5.36. The lowest BCUT2D eigenvalue weighted by Gasteiger charge is -2.05. The molecule has 0 aliphatic heterocycles. The Balaban J connectivity index is 1.66. The van der Waals surface area contributed by atoms with Crippen molar-refractivity contribution in [2.24, 2.45) is 17.8 Å². The van der Waals surface area contributed by atoms with Crippen LogP contribution in [0.4, 0.5) is 15.8 Å². The van der Waals surface area contributed by atoms with Gasteiger partial charge in [-0.05, 0) is 42.9 Å². The van der Waals surface area contributed by atoms with Crippen LogP contribution in [0.15, 0.2) is 18.2 Å². The molecule has 0 aromatic heterocycles. The molecular formula is C14H17FN2O. The first-order valence-electron chi connectivity index (χ1n) is 6.52. The average Bonchev–Trinajstić information content (AvgIpc) is 3.08. The van der Waals surface area contributed by atoms with Gasteiger partial charge in [0.05, 0.1) is 5.69 Å². The van der Waals surface area contributed by atoms with Crippen LogP contribution >= 0.6 is 0 Å². The Hall–Kier alpha value is -1.58. The van der Waals surface area contributed by atoms with Crippen LogP contribution in [-0.4, -0.2) is 5.91 Å². The summed E-state index contributed by atoms with van der Waals surface area (Å²) >= 11 is 0. The van der Waals surface area contributed by atoms with E-state index in [4.69, 9.17) is 5.73 Å². The SMILES string of the molecule is Nc1ccc(NC(=O)C2C3CCCCC32)cc1F. The minimum absolute atomic E-state index is 0.0380. The lowest BCUT2D eigenvalue weighted by Crippen LogP contribution is -2.15. The summed E-state index contributed by atoms with van der Waals surface area (Å²) in [6.07, 6.45) is 4.81. The highest BCUT2D eigenvalue weighted by molar-refractivity contribution is 5.95. The monoisotopic (exact) mass is 248 g/mol. The van der Waals surface area contributed by atoms with Gasteiger partial charge in [0.15, 0.2) is 0 Å². The fraction of sp³-hybridized carbons (Fsp3) is 0.500. The molecule has 3 rings (SSSR count). The third-order valence-electron chi connectivity index (χ3n) is 4.23. The van der Waals surface area contributed by atoms with Gasteiger partial charge in [0.1, 0.15) is 5.82 Å². The predicted octanol–water partition coefficient (Wildman–Crippen LogP) is 2.78. The minimum atomic E-state index is -0.485. The number of nitrogen functional groups attached to an aromatic ring is 1. The van der Waals surface area contributed by atoms with Gasteiger partial charge < -0.3 is 11.1 Å². The first kappa shape index (κ1) is 11.5. The van der Waals surface area contributed by atoms with E-state index in [1.165, 1.54) is 37.8 Å². The van der Waals surface area contributed by atoms with Gasteiger partial charge in [-0.25, -0.2) is 4.39 Å². The number of hydrogen-bond donors (Lipinski definition) is 2. The lowest BCUT2D eigenvalue weighted by molar-refractivity contribution is -0.117. The molecule has 96 valence electrons. The van der Waals surface area contributed by atoms with Crippen LogP contribution in [0, 0.1) is 23.6 Å². The number of carbonyl (C=O) groups excluding carboxylic acids is 1. The summed E-state index contributed by atoms with van der Waals surface area (Å²) < 4.78 is 13.3. The highest BCUT2D eigenvalue weighted by atomic mass is 19.1. The Bertz CT molecular complexity index is 477. The predicted molar refractivity (Wildman–Crippen MR) is 68.4 cm³/mol. The molecule has 3 nitrogen and oxygen atoms in total. The zero-order valence-electron chi connectivity index (χ0n) is 10.2. The van der Waals surface area contributed by atoms with Gasteiger partial charge in [-0.2, -0.15) is 0 Å². The van der Waals surface area contributed by atoms with Gasteiger partial charge in [-0.3, -0.25) is 4.79 Å². The molecule has 4 heteroatoms. The molecule has 0 spiro atoms. The second-order valence-corrected chi connectivity index (χ2v) is 5.36. The van der Waals surface area contributed by atoms with Crippen molar-refractivity contribution >= 4 is 17.3 Å². The van der Waals surface area contributed by atoms with E-state index < -0.39 is 5.82 Å². The Morgan fingerprint density at radius 3 is 2.56 bits per heavy atom. The van der Waals surface area contributed by atoms with Crippen LogP contribution < -0.4 is 11.1 Å². The molecule has 2 aliphatic carbocycles. The topological polar surface area (TPSA) is 55.1 Å². The first-order chi connectivity index (χ1) is 8.66. The van der Waals surface area contributed by atoms with Gasteiger partial charge in [-0.1, -0.05) is 12.8 Å². The van der Waals surface area contributed by atoms with Crippen molar-refractivity contribution in [1.29, 1.82) is 0 Å². The van der Waals surface area contributed by atoms with Crippen LogP contribution in [0.2, 0.25) is 0 Å². The van der Waals surface area contributed by atoms with Crippen LogP contribution in [0.25, 0.3) is 0 Å². The highest BCUT2D eigenvalue weighted by Crippen LogP contribution is 2.55. The van der Waals surface area contributed by atoms with Crippen molar-refractivity contribution < 1.29 is 9.18 Å². The van der Waals surface area contributed by atoms with E-state index >= 15 is 0 Å². The van der Waals surface area contributed by atoms with Crippen molar-refractivity contribution in [3.8, 4) is 0 Å². The zero-order chi connectivity index (χ0) is 12.7. The van der Waals surface area contributed by atoms with Crippen molar-refractivity contribution in [2.45, 2.75) is 25.7 Å². The Labute approximate surface area is 106 Å². The molecule has 18 heavy (non-hydrogen) atoms. The number of anilines is 2. The van der Waals surface area contributed by atoms with E-state index in [-0.39, 0.29) is 17.5 Å². The highest BCUT2D eigenvalue weighted by Gasteiger charge is 2.54. The van der Waals surface area contributed by atoms with E-state index in [0.717, 1.165) is 0 Å². The minimum Gasteiger partial charge on any atom is -0.396 e. The summed E-state index contributed by atoms with van der Waals surface area (Å²) in [6.45, 7) is 0. The maximum Gasteiger partial charge on any atom is 0.228 e. The summed E-state index contributed by atoms with van der Waals surface area (Å²) in [5.41, 5.74) is 6.00. The van der Waals surface area contributed by atoms with E-state index in [2.05, 4.69) is 5.32 Å². The fourth-order valence-electron chi connectivity index (χ4n) is 3.21. The third-order valence-corrected chi connectivity index (χ3v) is 4.23. The molecule has 0 radical (unpaired) electrons. The Kier molecular flexibility index (Phi) is 2.73. The number of rotatable bonds is 2. The molecule has 2 aliphatic rings. The van der Waals surface area contributed by atoms with Gasteiger partial charge in [0.25, 0.3) is 0 Å². The van der Waals surface area contributed by atoms with E-state index in [1.54, 1.807) is 6.07 Å². The average molecular weight is 248 g/mol. The molecule has 2 fully saturated rings. The number of benzene rings is 1. The zero-order valence-corrected chi connectivity index (χ0v) is 10.2. The summed E-state index contributed by atoms with van der Waals surface area (Å²) in [5.74, 6) is 0.833. The van der Waals surface area contributed by atoms with Crippen LogP contribution in [-0.2, 0) is 4.79 Å². The number of amides is 1. The molecular weight excluding hydrogens is 231 g/mol.